The van der Waals surface area contributed by atoms with E-state index in [-0.39, 0.29) is 16.4 Å². The van der Waals surface area contributed by atoms with Crippen LogP contribution in [0.2, 0.25) is 10.3 Å². The van der Waals surface area contributed by atoms with E-state index in [9.17, 15) is 9.50 Å². The first kappa shape index (κ1) is 11.5. The summed E-state index contributed by atoms with van der Waals surface area (Å²) in [5.74, 6) is -0.929. The molecule has 7 heteroatoms. The van der Waals surface area contributed by atoms with Gasteiger partial charge in [0.15, 0.2) is 17.3 Å². The highest BCUT2D eigenvalue weighted by atomic mass is 35.5. The number of anilines is 1. The van der Waals surface area contributed by atoms with E-state index in [0.717, 1.165) is 0 Å². The Hall–Kier alpha value is -0.620. The number of nitrogens with zero attached hydrogens (tertiary/aromatic N) is 1. The summed E-state index contributed by atoms with van der Waals surface area (Å²) in [6, 6.07) is 0. The zero-order valence-electron chi connectivity index (χ0n) is 7.09. The Kier molecular flexibility index (Phi) is 3.49. The monoisotopic (exact) mass is 240 g/mol. The van der Waals surface area contributed by atoms with Gasteiger partial charge in [0.2, 0.25) is 0 Å². The molecule has 4 nitrogen and oxygen atoms in total. The van der Waals surface area contributed by atoms with Gasteiger partial charge in [-0.15, -0.1) is 0 Å². The summed E-state index contributed by atoms with van der Waals surface area (Å²) >= 11 is 11.0. The van der Waals surface area contributed by atoms with E-state index < -0.39 is 17.3 Å². The summed E-state index contributed by atoms with van der Waals surface area (Å²) in [4.78, 5) is 3.44. The topological polar surface area (TPSA) is 68.4 Å². The molecule has 1 rings (SSSR count). The summed E-state index contributed by atoms with van der Waals surface area (Å²) in [7, 11) is 1.22. The van der Waals surface area contributed by atoms with Gasteiger partial charge >= 0.3 is 0 Å². The summed E-state index contributed by atoms with van der Waals surface area (Å²) < 4.78 is 17.7. The Morgan fingerprint density at radius 1 is 1.50 bits per heavy atom. The number of aliphatic hydroxyl groups is 1. The van der Waals surface area contributed by atoms with Gasteiger partial charge < -0.3 is 15.6 Å². The van der Waals surface area contributed by atoms with Crippen molar-refractivity contribution in [2.45, 2.75) is 6.29 Å². The second kappa shape index (κ2) is 4.27. The first-order chi connectivity index (χ1) is 6.49. The number of nitrogen functional groups attached to an aromatic ring is 1. The van der Waals surface area contributed by atoms with Crippen molar-refractivity contribution in [3.05, 3.63) is 21.7 Å². The Morgan fingerprint density at radius 3 is 2.57 bits per heavy atom. The van der Waals surface area contributed by atoms with Gasteiger partial charge in [0, 0.05) is 7.11 Å². The second-order valence-electron chi connectivity index (χ2n) is 2.42. The number of ether oxygens (including phenoxy) is 1. The molecule has 1 atom stereocenters. The molecule has 1 unspecified atom stereocenters. The number of hydrogen-bond donors (Lipinski definition) is 2. The first-order valence-corrected chi connectivity index (χ1v) is 4.25. The number of aliphatic hydroxyl groups excluding tert-OH is 1. The molecule has 0 aliphatic heterocycles. The molecule has 0 amide bonds. The van der Waals surface area contributed by atoms with Gasteiger partial charge in [-0.05, 0) is 0 Å². The Morgan fingerprint density at radius 2 is 2.07 bits per heavy atom. The van der Waals surface area contributed by atoms with E-state index in [4.69, 9.17) is 28.9 Å². The smallest absolute Gasteiger partial charge is 0.185 e. The molecule has 78 valence electrons. The van der Waals surface area contributed by atoms with Crippen molar-refractivity contribution in [3.63, 3.8) is 0 Å². The largest absolute Gasteiger partial charge is 0.396 e. The van der Waals surface area contributed by atoms with Crippen molar-refractivity contribution in [1.82, 2.24) is 4.98 Å². The molecule has 3 N–H and O–H groups in total. The molecule has 0 aliphatic carbocycles. The number of aromatic nitrogens is 1. The number of nitrogens with two attached hydrogens (primary N) is 1. The minimum Gasteiger partial charge on any atom is -0.396 e. The molecule has 0 radical (unpaired) electrons. The van der Waals surface area contributed by atoms with Gasteiger partial charge in [-0.3, -0.25) is 0 Å². The minimum atomic E-state index is -1.43. The SMILES string of the molecule is COC(O)c1c(Cl)nc(Cl)c(F)c1N. The maximum absolute atomic E-state index is 13.1. The average Bonchev–Trinajstić information content (AvgIpc) is 2.14. The standard InChI is InChI=1S/C7H7Cl2FN2O2/c1-14-7(13)2-4(11)3(10)6(9)12-5(2)8/h7,13H,1H3,(H2,11,12). The van der Waals surface area contributed by atoms with Crippen molar-refractivity contribution < 1.29 is 14.2 Å². The van der Waals surface area contributed by atoms with Crippen molar-refractivity contribution >= 4 is 28.9 Å². The third-order valence-electron chi connectivity index (χ3n) is 1.60. The highest BCUT2D eigenvalue weighted by Gasteiger charge is 2.21. The first-order valence-electron chi connectivity index (χ1n) is 3.49. The number of hydrogen-bond acceptors (Lipinski definition) is 4. The van der Waals surface area contributed by atoms with Crippen LogP contribution in [0, 0.1) is 5.82 Å². The number of methoxy groups -OCH3 is 1. The minimum absolute atomic E-state index is 0.129. The molecule has 0 fully saturated rings. The van der Waals surface area contributed by atoms with E-state index in [1.54, 1.807) is 0 Å². The fraction of sp³-hybridized carbons (Fsp3) is 0.286. The summed E-state index contributed by atoms with van der Waals surface area (Å²) in [6.07, 6.45) is -1.43. The maximum atomic E-state index is 13.1. The maximum Gasteiger partial charge on any atom is 0.185 e. The lowest BCUT2D eigenvalue weighted by atomic mass is 10.2. The van der Waals surface area contributed by atoms with Crippen LogP contribution in [0.15, 0.2) is 0 Å². The summed E-state index contributed by atoms with van der Waals surface area (Å²) in [5.41, 5.74) is 4.84. The Labute approximate surface area is 89.4 Å². The van der Waals surface area contributed by atoms with E-state index in [1.165, 1.54) is 7.11 Å². The molecule has 1 aromatic rings. The molecule has 0 saturated heterocycles. The van der Waals surface area contributed by atoms with Crippen molar-refractivity contribution in [3.8, 4) is 0 Å². The van der Waals surface area contributed by atoms with Crippen LogP contribution in [0.4, 0.5) is 10.1 Å². The lowest BCUT2D eigenvalue weighted by Crippen LogP contribution is -2.08. The molecule has 1 aromatic heterocycles. The van der Waals surface area contributed by atoms with Crippen molar-refractivity contribution in [2.24, 2.45) is 0 Å². The molecule has 0 aromatic carbocycles. The molecule has 1 heterocycles. The third kappa shape index (κ3) is 1.90. The molecule has 14 heavy (non-hydrogen) atoms. The predicted octanol–water partition coefficient (Wildman–Crippen LogP) is 1.75. The highest BCUT2D eigenvalue weighted by molar-refractivity contribution is 6.33. The van der Waals surface area contributed by atoms with Crippen LogP contribution in [0.1, 0.15) is 11.9 Å². The van der Waals surface area contributed by atoms with Gasteiger partial charge in [0.25, 0.3) is 0 Å². The molecule has 0 bridgehead atoms. The molecule has 0 aliphatic rings. The lowest BCUT2D eigenvalue weighted by molar-refractivity contribution is -0.0766. The van der Waals surface area contributed by atoms with E-state index in [1.807, 2.05) is 0 Å². The van der Waals surface area contributed by atoms with Gasteiger partial charge in [-0.1, -0.05) is 23.2 Å². The van der Waals surface area contributed by atoms with Crippen LogP contribution in [-0.2, 0) is 4.74 Å². The van der Waals surface area contributed by atoms with E-state index in [2.05, 4.69) is 9.72 Å². The van der Waals surface area contributed by atoms with Crippen molar-refractivity contribution in [1.29, 1.82) is 0 Å². The fourth-order valence-electron chi connectivity index (χ4n) is 0.889. The third-order valence-corrected chi connectivity index (χ3v) is 2.14. The average molecular weight is 241 g/mol. The summed E-state index contributed by atoms with van der Waals surface area (Å²) in [5, 5.41) is 8.63. The zero-order valence-corrected chi connectivity index (χ0v) is 8.60. The van der Waals surface area contributed by atoms with Crippen LogP contribution in [0.5, 0.6) is 0 Å². The number of rotatable bonds is 2. The number of halogens is 3. The Bertz CT molecular complexity index is 362. The molecule has 0 spiro atoms. The van der Waals surface area contributed by atoms with E-state index >= 15 is 0 Å². The van der Waals surface area contributed by atoms with Crippen LogP contribution >= 0.6 is 23.2 Å². The van der Waals surface area contributed by atoms with Crippen LogP contribution in [-0.4, -0.2) is 17.2 Å². The predicted molar refractivity (Wildman–Crippen MR) is 50.6 cm³/mol. The van der Waals surface area contributed by atoms with Crippen molar-refractivity contribution in [2.75, 3.05) is 12.8 Å². The highest BCUT2D eigenvalue weighted by Crippen LogP contribution is 2.32. The number of pyridine rings is 1. The van der Waals surface area contributed by atoms with Gasteiger partial charge in [-0.2, -0.15) is 0 Å². The quantitative estimate of drug-likeness (QED) is 0.611. The van der Waals surface area contributed by atoms with E-state index in [0.29, 0.717) is 0 Å². The molecular weight excluding hydrogens is 234 g/mol. The second-order valence-corrected chi connectivity index (χ2v) is 3.14. The fourth-order valence-corrected chi connectivity index (χ4v) is 1.40. The van der Waals surface area contributed by atoms with Gasteiger partial charge in [-0.25, -0.2) is 9.37 Å². The lowest BCUT2D eigenvalue weighted by Gasteiger charge is -2.13. The van der Waals surface area contributed by atoms with Gasteiger partial charge in [0.1, 0.15) is 5.15 Å². The summed E-state index contributed by atoms with van der Waals surface area (Å²) in [6.45, 7) is 0. The van der Waals surface area contributed by atoms with Gasteiger partial charge in [0.05, 0.1) is 11.3 Å². The molecule has 0 saturated carbocycles. The molecular formula is C7H7Cl2FN2O2. The zero-order chi connectivity index (χ0) is 10.9. The normalized spacial score (nSPS) is 12.9. The van der Waals surface area contributed by atoms with Crippen LogP contribution in [0.3, 0.4) is 0 Å². The van der Waals surface area contributed by atoms with Crippen LogP contribution < -0.4 is 5.73 Å². The Balaban J connectivity index is 3.36. The van der Waals surface area contributed by atoms with Crippen LogP contribution in [0.25, 0.3) is 0 Å².